The quantitative estimate of drug-likeness (QED) is 0.480. The van der Waals surface area contributed by atoms with Crippen molar-refractivity contribution in [2.45, 2.75) is 37.5 Å². The summed E-state index contributed by atoms with van der Waals surface area (Å²) in [5.74, 6) is -1.48. The molecule has 8 nitrogen and oxygen atoms in total. The highest BCUT2D eigenvalue weighted by Crippen LogP contribution is 2.40. The summed E-state index contributed by atoms with van der Waals surface area (Å²) >= 11 is 0. The zero-order valence-electron chi connectivity index (χ0n) is 18.5. The van der Waals surface area contributed by atoms with E-state index < -0.39 is 29.1 Å². The van der Waals surface area contributed by atoms with Crippen molar-refractivity contribution in [1.29, 1.82) is 0 Å². The Morgan fingerprint density at radius 2 is 1.65 bits per heavy atom. The highest BCUT2D eigenvalue weighted by molar-refractivity contribution is 6.00. The molecule has 0 aliphatic heterocycles. The Bertz CT molecular complexity index is 1070. The SMILES string of the molecule is CNC(=O)CC(=O)NC1(C(=O)NCc2ccc(Oc3ccc(OC)cc3C(F)(F)F)cc2)CC1. The Morgan fingerprint density at radius 3 is 2.21 bits per heavy atom. The van der Waals surface area contributed by atoms with Gasteiger partial charge in [0, 0.05) is 13.6 Å². The van der Waals surface area contributed by atoms with Gasteiger partial charge in [0.25, 0.3) is 0 Å². The molecule has 3 rings (SSSR count). The van der Waals surface area contributed by atoms with Crippen LogP contribution in [-0.2, 0) is 27.1 Å². The first-order valence-corrected chi connectivity index (χ1v) is 10.4. The minimum atomic E-state index is -4.62. The van der Waals surface area contributed by atoms with E-state index >= 15 is 0 Å². The van der Waals surface area contributed by atoms with Crippen LogP contribution < -0.4 is 25.4 Å². The lowest BCUT2D eigenvalue weighted by atomic mass is 10.1. The molecular weight excluding hydrogens is 455 g/mol. The van der Waals surface area contributed by atoms with E-state index in [4.69, 9.17) is 9.47 Å². The van der Waals surface area contributed by atoms with E-state index in [9.17, 15) is 27.6 Å². The van der Waals surface area contributed by atoms with E-state index in [-0.39, 0.29) is 36.1 Å². The molecule has 0 unspecified atom stereocenters. The van der Waals surface area contributed by atoms with Crippen molar-refractivity contribution in [3.8, 4) is 17.2 Å². The summed E-state index contributed by atoms with van der Waals surface area (Å²) in [5, 5.41) is 7.67. The number of carbonyl (C=O) groups is 3. The first kappa shape index (κ1) is 24.9. The summed E-state index contributed by atoms with van der Waals surface area (Å²) in [6, 6.07) is 9.61. The maximum atomic E-state index is 13.3. The average Bonchev–Trinajstić information content (AvgIpc) is 3.58. The minimum absolute atomic E-state index is 0.0593. The summed E-state index contributed by atoms with van der Waals surface area (Å²) in [7, 11) is 2.69. The van der Waals surface area contributed by atoms with Crippen LogP contribution in [0.15, 0.2) is 42.5 Å². The van der Waals surface area contributed by atoms with Crippen LogP contribution in [-0.4, -0.2) is 37.4 Å². The molecule has 0 saturated heterocycles. The number of nitrogens with one attached hydrogen (secondary N) is 3. The number of ether oxygens (including phenoxy) is 2. The molecule has 34 heavy (non-hydrogen) atoms. The summed E-state index contributed by atoms with van der Waals surface area (Å²) in [6.07, 6.45) is -4.05. The summed E-state index contributed by atoms with van der Waals surface area (Å²) < 4.78 is 50.3. The predicted molar refractivity (Wildman–Crippen MR) is 115 cm³/mol. The van der Waals surface area contributed by atoms with Crippen molar-refractivity contribution >= 4 is 17.7 Å². The van der Waals surface area contributed by atoms with Gasteiger partial charge in [-0.15, -0.1) is 0 Å². The van der Waals surface area contributed by atoms with Crippen molar-refractivity contribution in [2.75, 3.05) is 14.2 Å². The highest BCUT2D eigenvalue weighted by atomic mass is 19.4. The van der Waals surface area contributed by atoms with Crippen LogP contribution in [0, 0.1) is 0 Å². The zero-order valence-corrected chi connectivity index (χ0v) is 18.5. The van der Waals surface area contributed by atoms with Gasteiger partial charge >= 0.3 is 6.18 Å². The molecule has 0 heterocycles. The first-order chi connectivity index (χ1) is 16.1. The third kappa shape index (κ3) is 6.18. The molecule has 2 aromatic carbocycles. The summed E-state index contributed by atoms with van der Waals surface area (Å²) in [5.41, 5.74) is -1.30. The molecule has 0 radical (unpaired) electrons. The molecule has 1 aliphatic carbocycles. The van der Waals surface area contributed by atoms with E-state index in [1.54, 1.807) is 12.1 Å². The monoisotopic (exact) mass is 479 g/mol. The Balaban J connectivity index is 1.58. The van der Waals surface area contributed by atoms with Gasteiger partial charge in [-0.3, -0.25) is 14.4 Å². The Morgan fingerprint density at radius 1 is 1.00 bits per heavy atom. The summed E-state index contributed by atoms with van der Waals surface area (Å²) in [6.45, 7) is 0.141. The molecule has 0 atom stereocenters. The van der Waals surface area contributed by atoms with Crippen LogP contribution in [0.2, 0.25) is 0 Å². The number of halogens is 3. The summed E-state index contributed by atoms with van der Waals surface area (Å²) in [4.78, 5) is 35.7. The lowest BCUT2D eigenvalue weighted by Crippen LogP contribution is -2.49. The second kappa shape index (κ2) is 10.0. The fourth-order valence-electron chi connectivity index (χ4n) is 3.18. The van der Waals surface area contributed by atoms with Gasteiger partial charge in [-0.1, -0.05) is 12.1 Å². The number of hydrogen-bond donors (Lipinski definition) is 3. The topological polar surface area (TPSA) is 106 Å². The molecule has 3 amide bonds. The van der Waals surface area contributed by atoms with E-state index in [1.165, 1.54) is 38.4 Å². The molecule has 182 valence electrons. The second-order valence-electron chi connectivity index (χ2n) is 7.77. The van der Waals surface area contributed by atoms with Crippen molar-refractivity contribution < 1.29 is 37.0 Å². The number of amides is 3. The van der Waals surface area contributed by atoms with Gasteiger partial charge < -0.3 is 25.4 Å². The first-order valence-electron chi connectivity index (χ1n) is 10.4. The smallest absolute Gasteiger partial charge is 0.420 e. The van der Waals surface area contributed by atoms with E-state index in [0.717, 1.165) is 6.07 Å². The number of benzene rings is 2. The normalized spacial score (nSPS) is 14.0. The molecule has 0 spiro atoms. The number of alkyl halides is 3. The standard InChI is InChI=1S/C23H24F3N3O5/c1-27-19(30)12-20(31)29-22(9-10-22)21(32)28-13-14-3-5-15(6-4-14)34-18-8-7-16(33-2)11-17(18)23(24,25)26/h3-8,11H,9-10,12-13H2,1-2H3,(H,27,30)(H,28,32)(H,29,31). The van der Waals surface area contributed by atoms with Crippen molar-refractivity contribution in [1.82, 2.24) is 16.0 Å². The fourth-order valence-corrected chi connectivity index (χ4v) is 3.18. The third-order valence-corrected chi connectivity index (χ3v) is 5.26. The Hall–Kier alpha value is -3.76. The average molecular weight is 479 g/mol. The van der Waals surface area contributed by atoms with Crippen LogP contribution in [0.4, 0.5) is 13.2 Å². The molecule has 1 aliphatic rings. The Labute approximate surface area is 193 Å². The molecule has 2 aromatic rings. The van der Waals surface area contributed by atoms with Crippen LogP contribution in [0.25, 0.3) is 0 Å². The van der Waals surface area contributed by atoms with Gasteiger partial charge in [0.1, 0.15) is 34.8 Å². The van der Waals surface area contributed by atoms with Crippen molar-refractivity contribution in [2.24, 2.45) is 0 Å². The fraction of sp³-hybridized carbons (Fsp3) is 0.348. The van der Waals surface area contributed by atoms with Crippen LogP contribution >= 0.6 is 0 Å². The second-order valence-corrected chi connectivity index (χ2v) is 7.77. The van der Waals surface area contributed by atoms with Gasteiger partial charge in [-0.05, 0) is 48.7 Å². The molecule has 0 aromatic heterocycles. The molecule has 3 N–H and O–H groups in total. The van der Waals surface area contributed by atoms with Crippen LogP contribution in [0.1, 0.15) is 30.4 Å². The zero-order chi connectivity index (χ0) is 24.9. The Kier molecular flexibility index (Phi) is 7.33. The third-order valence-electron chi connectivity index (χ3n) is 5.26. The lowest BCUT2D eigenvalue weighted by molar-refractivity contribution is -0.138. The lowest BCUT2D eigenvalue weighted by Gasteiger charge is -2.17. The van der Waals surface area contributed by atoms with Crippen LogP contribution in [0.5, 0.6) is 17.2 Å². The predicted octanol–water partition coefficient (Wildman–Crippen LogP) is 2.91. The molecular formula is C23H24F3N3O5. The van der Waals surface area contributed by atoms with Crippen molar-refractivity contribution in [3.05, 3.63) is 53.6 Å². The molecule has 11 heteroatoms. The van der Waals surface area contributed by atoms with Gasteiger partial charge in [0.2, 0.25) is 17.7 Å². The van der Waals surface area contributed by atoms with Gasteiger partial charge in [-0.2, -0.15) is 13.2 Å². The number of methoxy groups -OCH3 is 1. The minimum Gasteiger partial charge on any atom is -0.497 e. The van der Waals surface area contributed by atoms with Gasteiger partial charge in [0.15, 0.2) is 0 Å². The van der Waals surface area contributed by atoms with Crippen LogP contribution in [0.3, 0.4) is 0 Å². The number of hydrogen-bond acceptors (Lipinski definition) is 5. The molecule has 1 fully saturated rings. The van der Waals surface area contributed by atoms with Gasteiger partial charge in [-0.25, -0.2) is 0 Å². The highest BCUT2D eigenvalue weighted by Gasteiger charge is 2.51. The van der Waals surface area contributed by atoms with Gasteiger partial charge in [0.05, 0.1) is 7.11 Å². The molecule has 0 bridgehead atoms. The van der Waals surface area contributed by atoms with E-state index in [2.05, 4.69) is 16.0 Å². The van der Waals surface area contributed by atoms with Crippen molar-refractivity contribution in [3.63, 3.8) is 0 Å². The van der Waals surface area contributed by atoms with E-state index in [1.807, 2.05) is 0 Å². The largest absolute Gasteiger partial charge is 0.497 e. The number of rotatable bonds is 9. The van der Waals surface area contributed by atoms with E-state index in [0.29, 0.717) is 18.4 Å². The molecule has 1 saturated carbocycles. The maximum absolute atomic E-state index is 13.3. The maximum Gasteiger partial charge on any atom is 0.420 e. The number of carbonyl (C=O) groups excluding carboxylic acids is 3.